The molecule has 4 aliphatic carbocycles. The molecule has 0 aromatic rings. The van der Waals surface area contributed by atoms with E-state index in [9.17, 15) is 0 Å². The maximum atomic E-state index is 6.06. The predicted octanol–water partition coefficient (Wildman–Crippen LogP) is 4.64. The summed E-state index contributed by atoms with van der Waals surface area (Å²) < 4.78 is 0. The van der Waals surface area contributed by atoms with Crippen molar-refractivity contribution < 1.29 is 0 Å². The standard InChI is InChI=1S/C19H36N2/c1-16(2,3)7-6-15(21-20)19-10-14-8-17(4,12-19)11-18(5,9-14)13-19/h14-15,21H,6-13,20H2,1-5H3. The van der Waals surface area contributed by atoms with E-state index in [2.05, 4.69) is 40.0 Å². The monoisotopic (exact) mass is 292 g/mol. The van der Waals surface area contributed by atoms with Crippen LogP contribution in [0.4, 0.5) is 0 Å². The van der Waals surface area contributed by atoms with Gasteiger partial charge in [-0.1, -0.05) is 34.6 Å². The molecule has 4 rings (SSSR count). The summed E-state index contributed by atoms with van der Waals surface area (Å²) in [6.45, 7) is 12.2. The van der Waals surface area contributed by atoms with Crippen molar-refractivity contribution in [3.05, 3.63) is 0 Å². The van der Waals surface area contributed by atoms with Gasteiger partial charge in [0.1, 0.15) is 0 Å². The molecule has 2 nitrogen and oxygen atoms in total. The fourth-order valence-electron chi connectivity index (χ4n) is 7.07. The summed E-state index contributed by atoms with van der Waals surface area (Å²) in [5.41, 5.74) is 5.33. The molecule has 0 heterocycles. The lowest BCUT2D eigenvalue weighted by molar-refractivity contribution is -0.159. The van der Waals surface area contributed by atoms with E-state index in [1.165, 1.54) is 51.4 Å². The Bertz CT molecular complexity index is 390. The van der Waals surface area contributed by atoms with Gasteiger partial charge in [-0.15, -0.1) is 0 Å². The third kappa shape index (κ3) is 2.91. The van der Waals surface area contributed by atoms with Crippen molar-refractivity contribution in [2.24, 2.45) is 33.4 Å². The molecule has 4 bridgehead atoms. The predicted molar refractivity (Wildman–Crippen MR) is 89.6 cm³/mol. The molecule has 0 spiro atoms. The summed E-state index contributed by atoms with van der Waals surface area (Å²) >= 11 is 0. The van der Waals surface area contributed by atoms with Crippen molar-refractivity contribution in [2.45, 2.75) is 92.0 Å². The van der Waals surface area contributed by atoms with E-state index in [-0.39, 0.29) is 0 Å². The largest absolute Gasteiger partial charge is 0.271 e. The molecule has 3 atom stereocenters. The topological polar surface area (TPSA) is 38.0 Å². The normalized spacial score (nSPS) is 46.9. The van der Waals surface area contributed by atoms with E-state index < -0.39 is 0 Å². The molecule has 0 amide bonds. The third-order valence-electron chi connectivity index (χ3n) is 6.79. The van der Waals surface area contributed by atoms with Gasteiger partial charge in [0.2, 0.25) is 0 Å². The van der Waals surface area contributed by atoms with Crippen molar-refractivity contribution in [2.75, 3.05) is 0 Å². The van der Waals surface area contributed by atoms with Gasteiger partial charge in [0.15, 0.2) is 0 Å². The second-order valence-electron chi connectivity index (χ2n) is 10.8. The van der Waals surface area contributed by atoms with Crippen LogP contribution in [0.5, 0.6) is 0 Å². The number of nitrogens with two attached hydrogens (primary N) is 1. The average molecular weight is 293 g/mol. The lowest BCUT2D eigenvalue weighted by Crippen LogP contribution is -2.62. The van der Waals surface area contributed by atoms with Crippen molar-refractivity contribution in [3.63, 3.8) is 0 Å². The molecule has 21 heavy (non-hydrogen) atoms. The van der Waals surface area contributed by atoms with Gasteiger partial charge in [0.05, 0.1) is 0 Å². The molecule has 0 radical (unpaired) electrons. The zero-order valence-corrected chi connectivity index (χ0v) is 14.9. The Balaban J connectivity index is 1.82. The summed E-state index contributed by atoms with van der Waals surface area (Å²) in [5, 5.41) is 0. The van der Waals surface area contributed by atoms with Crippen LogP contribution >= 0.6 is 0 Å². The quantitative estimate of drug-likeness (QED) is 0.585. The SMILES string of the molecule is CC(C)(C)CCC(NN)C12CC3CC(C)(CC(C)(C3)C1)C2. The third-order valence-corrected chi connectivity index (χ3v) is 6.79. The van der Waals surface area contributed by atoms with Crippen molar-refractivity contribution in [1.82, 2.24) is 5.43 Å². The highest BCUT2D eigenvalue weighted by Gasteiger charge is 2.61. The van der Waals surface area contributed by atoms with E-state index in [0.29, 0.717) is 27.7 Å². The van der Waals surface area contributed by atoms with Crippen LogP contribution in [-0.4, -0.2) is 6.04 Å². The highest BCUT2D eigenvalue weighted by molar-refractivity contribution is 5.13. The van der Waals surface area contributed by atoms with Gasteiger partial charge in [0, 0.05) is 6.04 Å². The summed E-state index contributed by atoms with van der Waals surface area (Å²) in [7, 11) is 0. The first-order chi connectivity index (χ1) is 9.57. The van der Waals surface area contributed by atoms with Crippen molar-refractivity contribution in [1.29, 1.82) is 0 Å². The van der Waals surface area contributed by atoms with Crippen molar-refractivity contribution >= 4 is 0 Å². The lowest BCUT2D eigenvalue weighted by Gasteiger charge is -2.67. The van der Waals surface area contributed by atoms with Crippen LogP contribution in [0.3, 0.4) is 0 Å². The molecule has 3 unspecified atom stereocenters. The minimum Gasteiger partial charge on any atom is -0.271 e. The lowest BCUT2D eigenvalue weighted by atomic mass is 9.39. The Hall–Kier alpha value is -0.0800. The number of rotatable bonds is 4. The molecule has 3 N–H and O–H groups in total. The number of nitrogens with one attached hydrogen (secondary N) is 1. The summed E-state index contributed by atoms with van der Waals surface area (Å²) in [6, 6.07) is 0.513. The van der Waals surface area contributed by atoms with E-state index in [1.54, 1.807) is 0 Å². The second kappa shape index (κ2) is 4.71. The molecule has 4 saturated carbocycles. The smallest absolute Gasteiger partial charge is 0.0267 e. The van der Waals surface area contributed by atoms with Gasteiger partial charge in [-0.05, 0) is 78.9 Å². The Morgan fingerprint density at radius 1 is 1.05 bits per heavy atom. The molecule has 122 valence electrons. The molecule has 0 aliphatic heterocycles. The van der Waals surface area contributed by atoms with Crippen molar-refractivity contribution in [3.8, 4) is 0 Å². The molecule has 2 heteroatoms. The van der Waals surface area contributed by atoms with E-state index >= 15 is 0 Å². The van der Waals surface area contributed by atoms with E-state index in [0.717, 1.165) is 5.92 Å². The van der Waals surface area contributed by atoms with Crippen LogP contribution < -0.4 is 11.3 Å². The zero-order chi connectivity index (χ0) is 15.5. The summed E-state index contributed by atoms with van der Waals surface area (Å²) in [4.78, 5) is 0. The van der Waals surface area contributed by atoms with Crippen LogP contribution in [0.1, 0.15) is 86.0 Å². The molecule has 4 fully saturated rings. The maximum absolute atomic E-state index is 6.06. The minimum absolute atomic E-state index is 0.408. The molecule has 0 aromatic carbocycles. The molecule has 0 aromatic heterocycles. The highest BCUT2D eigenvalue weighted by atomic mass is 15.2. The zero-order valence-electron chi connectivity index (χ0n) is 14.9. The molecular weight excluding hydrogens is 256 g/mol. The van der Waals surface area contributed by atoms with E-state index in [4.69, 9.17) is 5.84 Å². The fourth-order valence-corrected chi connectivity index (χ4v) is 7.07. The van der Waals surface area contributed by atoms with Crippen LogP contribution in [0, 0.1) is 27.6 Å². The summed E-state index contributed by atoms with van der Waals surface area (Å²) in [5.74, 6) is 7.02. The van der Waals surface area contributed by atoms with Gasteiger partial charge in [0.25, 0.3) is 0 Å². The minimum atomic E-state index is 0.408. The first-order valence-corrected chi connectivity index (χ1v) is 9.03. The number of hydrogen-bond acceptors (Lipinski definition) is 2. The maximum Gasteiger partial charge on any atom is 0.0267 e. The fraction of sp³-hybridized carbons (Fsp3) is 1.00. The van der Waals surface area contributed by atoms with Gasteiger partial charge in [-0.2, -0.15) is 0 Å². The van der Waals surface area contributed by atoms with Gasteiger partial charge >= 0.3 is 0 Å². The average Bonchev–Trinajstić information content (AvgIpc) is 2.22. The highest BCUT2D eigenvalue weighted by Crippen LogP contribution is 2.70. The molecule has 4 aliphatic rings. The van der Waals surface area contributed by atoms with Gasteiger partial charge < -0.3 is 0 Å². The first kappa shape index (κ1) is 15.8. The Kier molecular flexibility index (Phi) is 3.54. The van der Waals surface area contributed by atoms with E-state index in [1.807, 2.05) is 0 Å². The summed E-state index contributed by atoms with van der Waals surface area (Å²) in [6.07, 6.45) is 11.1. The van der Waals surface area contributed by atoms with Gasteiger partial charge in [-0.3, -0.25) is 11.3 Å². The first-order valence-electron chi connectivity index (χ1n) is 9.03. The Labute approximate surface area is 131 Å². The van der Waals surface area contributed by atoms with Crippen LogP contribution in [0.15, 0.2) is 0 Å². The number of hydrogen-bond donors (Lipinski definition) is 2. The van der Waals surface area contributed by atoms with Gasteiger partial charge in [-0.25, -0.2) is 0 Å². The molecule has 0 saturated heterocycles. The second-order valence-corrected chi connectivity index (χ2v) is 10.8. The van der Waals surface area contributed by atoms with Crippen LogP contribution in [-0.2, 0) is 0 Å². The Morgan fingerprint density at radius 2 is 1.62 bits per heavy atom. The number of hydrazine groups is 1. The van der Waals surface area contributed by atoms with Crippen LogP contribution in [0.25, 0.3) is 0 Å². The Morgan fingerprint density at radius 3 is 2.05 bits per heavy atom. The van der Waals surface area contributed by atoms with Crippen LogP contribution in [0.2, 0.25) is 0 Å². The molecular formula is C19H36N2.